The van der Waals surface area contributed by atoms with Gasteiger partial charge in [-0.15, -0.1) is 0 Å². The molecule has 1 heterocycles. The summed E-state index contributed by atoms with van der Waals surface area (Å²) in [5.74, 6) is 0.220. The van der Waals surface area contributed by atoms with E-state index in [1.165, 1.54) is 19.3 Å². The molecule has 0 spiro atoms. The van der Waals surface area contributed by atoms with Gasteiger partial charge in [-0.3, -0.25) is 10.1 Å². The van der Waals surface area contributed by atoms with Gasteiger partial charge in [-0.05, 0) is 18.8 Å². The summed E-state index contributed by atoms with van der Waals surface area (Å²) in [5.41, 5.74) is 0. The van der Waals surface area contributed by atoms with Gasteiger partial charge in [-0.1, -0.05) is 19.3 Å². The number of nitrogens with one attached hydrogen (secondary N) is 2. The zero-order valence-corrected chi connectivity index (χ0v) is 7.51. The lowest BCUT2D eigenvalue weighted by Crippen LogP contribution is -2.37. The minimum Gasteiger partial charge on any atom is -0.326 e. The number of hydrogen-bond donors (Lipinski definition) is 2. The molecule has 0 radical (unpaired) electrons. The van der Waals surface area contributed by atoms with Gasteiger partial charge in [0.15, 0.2) is 0 Å². The summed E-state index contributed by atoms with van der Waals surface area (Å²) in [4.78, 5) is 22.2. The molecule has 1 saturated heterocycles. The van der Waals surface area contributed by atoms with E-state index in [2.05, 4.69) is 10.6 Å². The average molecular weight is 182 g/mol. The minimum atomic E-state index is -0.333. The Labute approximate surface area is 77.1 Å². The molecule has 1 saturated carbocycles. The van der Waals surface area contributed by atoms with Crippen LogP contribution in [0.5, 0.6) is 0 Å². The van der Waals surface area contributed by atoms with E-state index in [9.17, 15) is 9.59 Å². The molecule has 13 heavy (non-hydrogen) atoms. The molecule has 4 heteroatoms. The predicted molar refractivity (Wildman–Crippen MR) is 47.0 cm³/mol. The van der Waals surface area contributed by atoms with Gasteiger partial charge in [0.25, 0.3) is 5.91 Å². The molecule has 1 aliphatic heterocycles. The van der Waals surface area contributed by atoms with Crippen LogP contribution in [0.15, 0.2) is 0 Å². The lowest BCUT2D eigenvalue weighted by atomic mass is 9.84. The van der Waals surface area contributed by atoms with Crippen LogP contribution in [0, 0.1) is 5.92 Å². The third-order valence-electron chi connectivity index (χ3n) is 2.93. The summed E-state index contributed by atoms with van der Waals surface area (Å²) in [5, 5.41) is 4.95. The Kier molecular flexibility index (Phi) is 2.20. The molecule has 2 rings (SSSR count). The third kappa shape index (κ3) is 1.66. The largest absolute Gasteiger partial charge is 0.326 e. The van der Waals surface area contributed by atoms with Gasteiger partial charge in [-0.25, -0.2) is 4.79 Å². The van der Waals surface area contributed by atoms with Crippen molar-refractivity contribution in [3.8, 4) is 0 Å². The number of amides is 3. The van der Waals surface area contributed by atoms with E-state index in [1.54, 1.807) is 0 Å². The Morgan fingerprint density at radius 1 is 1.08 bits per heavy atom. The fourth-order valence-electron chi connectivity index (χ4n) is 2.23. The molecule has 0 aromatic heterocycles. The SMILES string of the molecule is O=C1NC(=O)[C@H](C2CCCCC2)N1. The number of hydrogen-bond acceptors (Lipinski definition) is 2. The molecular formula is C9H14N2O2. The molecule has 72 valence electrons. The van der Waals surface area contributed by atoms with Crippen molar-refractivity contribution in [1.29, 1.82) is 0 Å². The fraction of sp³-hybridized carbons (Fsp3) is 0.778. The lowest BCUT2D eigenvalue weighted by molar-refractivity contribution is -0.121. The van der Waals surface area contributed by atoms with Crippen molar-refractivity contribution in [2.24, 2.45) is 5.92 Å². The third-order valence-corrected chi connectivity index (χ3v) is 2.93. The molecule has 2 aliphatic rings. The highest BCUT2D eigenvalue weighted by molar-refractivity contribution is 6.04. The van der Waals surface area contributed by atoms with Crippen molar-refractivity contribution in [1.82, 2.24) is 10.6 Å². The second kappa shape index (κ2) is 3.36. The van der Waals surface area contributed by atoms with Gasteiger partial charge >= 0.3 is 6.03 Å². The number of imide groups is 1. The van der Waals surface area contributed by atoms with Crippen LogP contribution in [-0.2, 0) is 4.79 Å². The molecule has 0 bridgehead atoms. The zero-order valence-electron chi connectivity index (χ0n) is 7.51. The number of urea groups is 1. The zero-order chi connectivity index (χ0) is 9.26. The normalized spacial score (nSPS) is 30.0. The molecule has 2 fully saturated rings. The summed E-state index contributed by atoms with van der Waals surface area (Å²) < 4.78 is 0. The monoisotopic (exact) mass is 182 g/mol. The van der Waals surface area contributed by atoms with E-state index >= 15 is 0 Å². The van der Waals surface area contributed by atoms with Gasteiger partial charge in [0.2, 0.25) is 0 Å². The average Bonchev–Trinajstić information content (AvgIpc) is 2.47. The van der Waals surface area contributed by atoms with Crippen LogP contribution >= 0.6 is 0 Å². The van der Waals surface area contributed by atoms with E-state index in [4.69, 9.17) is 0 Å². The smallest absolute Gasteiger partial charge is 0.322 e. The van der Waals surface area contributed by atoms with Crippen LogP contribution in [0.1, 0.15) is 32.1 Å². The Hall–Kier alpha value is -1.06. The van der Waals surface area contributed by atoms with Gasteiger partial charge in [0, 0.05) is 0 Å². The standard InChI is InChI=1S/C9H14N2O2/c12-8-7(10-9(13)11-8)6-4-2-1-3-5-6/h6-7H,1-5H2,(H2,10,11,12,13)/t7-/m0/s1. The Morgan fingerprint density at radius 2 is 1.77 bits per heavy atom. The van der Waals surface area contributed by atoms with E-state index in [1.807, 2.05) is 0 Å². The van der Waals surface area contributed by atoms with Crippen LogP contribution in [0.25, 0.3) is 0 Å². The van der Waals surface area contributed by atoms with E-state index in [0.29, 0.717) is 5.92 Å². The van der Waals surface area contributed by atoms with Crippen LogP contribution in [0.4, 0.5) is 4.79 Å². The van der Waals surface area contributed by atoms with Crippen LogP contribution in [-0.4, -0.2) is 18.0 Å². The Bertz CT molecular complexity index is 234. The number of rotatable bonds is 1. The Morgan fingerprint density at radius 3 is 2.31 bits per heavy atom. The van der Waals surface area contributed by atoms with Gasteiger partial charge in [0.05, 0.1) is 0 Å². The maximum absolute atomic E-state index is 11.3. The molecule has 4 nitrogen and oxygen atoms in total. The van der Waals surface area contributed by atoms with Crippen molar-refractivity contribution in [3.63, 3.8) is 0 Å². The molecule has 0 unspecified atom stereocenters. The predicted octanol–water partition coefficient (Wildman–Crippen LogP) is 0.775. The Balaban J connectivity index is 1.99. The van der Waals surface area contributed by atoms with Crippen molar-refractivity contribution in [3.05, 3.63) is 0 Å². The molecule has 2 N–H and O–H groups in total. The maximum Gasteiger partial charge on any atom is 0.322 e. The van der Waals surface area contributed by atoms with Gasteiger partial charge < -0.3 is 5.32 Å². The van der Waals surface area contributed by atoms with Crippen LogP contribution in [0.2, 0.25) is 0 Å². The van der Waals surface area contributed by atoms with Crippen molar-refractivity contribution >= 4 is 11.9 Å². The molecule has 1 aliphatic carbocycles. The first-order valence-electron chi connectivity index (χ1n) is 4.89. The first-order valence-corrected chi connectivity index (χ1v) is 4.89. The minimum absolute atomic E-state index is 0.142. The highest BCUT2D eigenvalue weighted by Crippen LogP contribution is 2.27. The first-order chi connectivity index (χ1) is 6.27. The molecule has 0 aromatic carbocycles. The fourth-order valence-corrected chi connectivity index (χ4v) is 2.23. The second-order valence-corrected chi connectivity index (χ2v) is 3.84. The molecule has 1 atom stereocenters. The first kappa shape index (κ1) is 8.53. The number of carbonyl (C=O) groups excluding carboxylic acids is 2. The lowest BCUT2D eigenvalue weighted by Gasteiger charge is -2.24. The van der Waals surface area contributed by atoms with E-state index < -0.39 is 0 Å². The summed E-state index contributed by atoms with van der Waals surface area (Å²) in [6.07, 6.45) is 5.77. The summed E-state index contributed by atoms with van der Waals surface area (Å²) >= 11 is 0. The molecule has 0 aromatic rings. The highest BCUT2D eigenvalue weighted by Gasteiger charge is 2.36. The second-order valence-electron chi connectivity index (χ2n) is 3.84. The molecule has 3 amide bonds. The summed E-state index contributed by atoms with van der Waals surface area (Å²) in [7, 11) is 0. The topological polar surface area (TPSA) is 58.2 Å². The summed E-state index contributed by atoms with van der Waals surface area (Å²) in [6.45, 7) is 0. The highest BCUT2D eigenvalue weighted by atomic mass is 16.2. The quantitative estimate of drug-likeness (QED) is 0.588. The van der Waals surface area contributed by atoms with Gasteiger partial charge in [-0.2, -0.15) is 0 Å². The molecular weight excluding hydrogens is 168 g/mol. The van der Waals surface area contributed by atoms with Crippen molar-refractivity contribution < 1.29 is 9.59 Å². The maximum atomic E-state index is 11.3. The van der Waals surface area contributed by atoms with Crippen molar-refractivity contribution in [2.75, 3.05) is 0 Å². The number of carbonyl (C=O) groups is 2. The van der Waals surface area contributed by atoms with E-state index in [-0.39, 0.29) is 18.0 Å². The van der Waals surface area contributed by atoms with Crippen LogP contribution in [0.3, 0.4) is 0 Å². The summed E-state index contributed by atoms with van der Waals surface area (Å²) in [6, 6.07) is -0.589. The van der Waals surface area contributed by atoms with E-state index in [0.717, 1.165) is 12.8 Å². The van der Waals surface area contributed by atoms with Gasteiger partial charge in [0.1, 0.15) is 6.04 Å². The van der Waals surface area contributed by atoms with Crippen LogP contribution < -0.4 is 10.6 Å². The van der Waals surface area contributed by atoms with Crippen molar-refractivity contribution in [2.45, 2.75) is 38.1 Å².